The van der Waals surface area contributed by atoms with Gasteiger partial charge in [0, 0.05) is 6.54 Å². The van der Waals surface area contributed by atoms with Crippen LogP contribution < -0.4 is 10.2 Å². The second-order valence-electron chi connectivity index (χ2n) is 4.76. The molecule has 7 heteroatoms. The highest BCUT2D eigenvalue weighted by atomic mass is 35.5. The van der Waals surface area contributed by atoms with E-state index in [-0.39, 0.29) is 23.2 Å². The quantitative estimate of drug-likeness (QED) is 0.785. The van der Waals surface area contributed by atoms with E-state index in [0.29, 0.717) is 30.4 Å². The van der Waals surface area contributed by atoms with Crippen LogP contribution in [0.15, 0.2) is 0 Å². The van der Waals surface area contributed by atoms with Crippen molar-refractivity contribution >= 4 is 29.0 Å². The molecule has 2 unspecified atom stereocenters. The minimum atomic E-state index is -0.174. The van der Waals surface area contributed by atoms with Crippen LogP contribution in [0.25, 0.3) is 0 Å². The number of carbonyl (C=O) groups is 1. The SMILES string of the molecule is CCN1c2nc(Cl)nc(C)c2NC(=O)C2COCC21. The van der Waals surface area contributed by atoms with Gasteiger partial charge in [-0.25, -0.2) is 4.98 Å². The van der Waals surface area contributed by atoms with E-state index < -0.39 is 0 Å². The number of aryl methyl sites for hydroxylation is 1. The first-order chi connectivity index (χ1) is 9.11. The van der Waals surface area contributed by atoms with E-state index in [1.165, 1.54) is 0 Å². The molecule has 0 aliphatic carbocycles. The van der Waals surface area contributed by atoms with Gasteiger partial charge >= 0.3 is 0 Å². The van der Waals surface area contributed by atoms with E-state index in [0.717, 1.165) is 6.54 Å². The van der Waals surface area contributed by atoms with Crippen LogP contribution >= 0.6 is 11.6 Å². The van der Waals surface area contributed by atoms with Crippen molar-refractivity contribution in [2.75, 3.05) is 30.0 Å². The topological polar surface area (TPSA) is 67.4 Å². The molecule has 0 bridgehead atoms. The van der Waals surface area contributed by atoms with Gasteiger partial charge in [0.05, 0.1) is 30.9 Å². The molecule has 0 radical (unpaired) electrons. The van der Waals surface area contributed by atoms with Crippen LogP contribution in [0.1, 0.15) is 12.6 Å². The van der Waals surface area contributed by atoms with Crippen molar-refractivity contribution in [3.05, 3.63) is 11.0 Å². The van der Waals surface area contributed by atoms with Crippen LogP contribution in [-0.4, -0.2) is 41.7 Å². The molecule has 1 fully saturated rings. The fraction of sp³-hybridized carbons (Fsp3) is 0.583. The molecule has 1 N–H and O–H groups in total. The van der Waals surface area contributed by atoms with E-state index in [1.807, 2.05) is 13.8 Å². The molecule has 1 aromatic rings. The maximum Gasteiger partial charge on any atom is 0.232 e. The zero-order chi connectivity index (χ0) is 13.6. The summed E-state index contributed by atoms with van der Waals surface area (Å²) in [6.07, 6.45) is 0. The number of rotatable bonds is 1. The van der Waals surface area contributed by atoms with Gasteiger partial charge in [-0.2, -0.15) is 4.98 Å². The Labute approximate surface area is 116 Å². The number of hydrogen-bond acceptors (Lipinski definition) is 5. The van der Waals surface area contributed by atoms with Crippen molar-refractivity contribution in [3.63, 3.8) is 0 Å². The molecule has 0 aromatic carbocycles. The monoisotopic (exact) mass is 282 g/mol. The zero-order valence-corrected chi connectivity index (χ0v) is 11.6. The molecule has 0 spiro atoms. The van der Waals surface area contributed by atoms with Gasteiger partial charge in [-0.1, -0.05) is 0 Å². The van der Waals surface area contributed by atoms with Crippen molar-refractivity contribution in [1.29, 1.82) is 0 Å². The number of nitrogens with zero attached hydrogens (tertiary/aromatic N) is 3. The molecular formula is C12H15ClN4O2. The molecule has 3 heterocycles. The molecule has 2 atom stereocenters. The summed E-state index contributed by atoms with van der Waals surface area (Å²) in [5.41, 5.74) is 1.34. The number of fused-ring (bicyclic) bond motifs is 2. The van der Waals surface area contributed by atoms with E-state index in [1.54, 1.807) is 0 Å². The maximum atomic E-state index is 12.3. The van der Waals surface area contributed by atoms with Crippen LogP contribution in [0, 0.1) is 12.8 Å². The van der Waals surface area contributed by atoms with Crippen molar-refractivity contribution in [2.24, 2.45) is 5.92 Å². The first-order valence-electron chi connectivity index (χ1n) is 6.31. The van der Waals surface area contributed by atoms with Gasteiger partial charge in [0.15, 0.2) is 5.82 Å². The van der Waals surface area contributed by atoms with E-state index in [2.05, 4.69) is 20.2 Å². The molecule has 3 rings (SSSR count). The average Bonchev–Trinajstić information content (AvgIpc) is 2.79. The Morgan fingerprint density at radius 1 is 1.47 bits per heavy atom. The van der Waals surface area contributed by atoms with Gasteiger partial charge in [-0.15, -0.1) is 0 Å². The number of likely N-dealkylation sites (N-methyl/N-ethyl adjacent to an activating group) is 1. The summed E-state index contributed by atoms with van der Waals surface area (Å²) < 4.78 is 5.45. The summed E-state index contributed by atoms with van der Waals surface area (Å²) in [5, 5.41) is 3.11. The maximum absolute atomic E-state index is 12.3. The van der Waals surface area contributed by atoms with Gasteiger partial charge < -0.3 is 15.0 Å². The highest BCUT2D eigenvalue weighted by Gasteiger charge is 2.42. The summed E-state index contributed by atoms with van der Waals surface area (Å²) >= 11 is 5.94. The molecule has 19 heavy (non-hydrogen) atoms. The molecular weight excluding hydrogens is 268 g/mol. The van der Waals surface area contributed by atoms with Gasteiger partial charge in [0.2, 0.25) is 11.2 Å². The van der Waals surface area contributed by atoms with E-state index in [9.17, 15) is 4.79 Å². The molecule has 0 saturated carbocycles. The first kappa shape index (κ1) is 12.6. The Kier molecular flexibility index (Phi) is 3.06. The van der Waals surface area contributed by atoms with Crippen molar-refractivity contribution in [1.82, 2.24) is 9.97 Å². The van der Waals surface area contributed by atoms with Crippen molar-refractivity contribution in [3.8, 4) is 0 Å². The normalized spacial score (nSPS) is 25.6. The first-order valence-corrected chi connectivity index (χ1v) is 6.69. The van der Waals surface area contributed by atoms with E-state index >= 15 is 0 Å². The predicted molar refractivity (Wildman–Crippen MR) is 71.5 cm³/mol. The summed E-state index contributed by atoms with van der Waals surface area (Å²) in [6.45, 7) is 5.56. The minimum Gasteiger partial charge on any atom is -0.378 e. The molecule has 2 aliphatic heterocycles. The Morgan fingerprint density at radius 2 is 2.26 bits per heavy atom. The zero-order valence-electron chi connectivity index (χ0n) is 10.8. The van der Waals surface area contributed by atoms with Crippen LogP contribution in [-0.2, 0) is 9.53 Å². The summed E-state index contributed by atoms with van der Waals surface area (Å²) in [5.74, 6) is 0.479. The highest BCUT2D eigenvalue weighted by molar-refractivity contribution is 6.28. The number of halogens is 1. The smallest absolute Gasteiger partial charge is 0.232 e. The molecule has 102 valence electrons. The van der Waals surface area contributed by atoms with Crippen LogP contribution in [0.2, 0.25) is 5.28 Å². The number of hydrogen-bond donors (Lipinski definition) is 1. The number of aromatic nitrogens is 2. The van der Waals surface area contributed by atoms with Gasteiger partial charge in [0.1, 0.15) is 5.69 Å². The fourth-order valence-corrected chi connectivity index (χ4v) is 2.94. The van der Waals surface area contributed by atoms with E-state index in [4.69, 9.17) is 16.3 Å². The third-order valence-corrected chi connectivity index (χ3v) is 3.86. The third-order valence-electron chi connectivity index (χ3n) is 3.69. The summed E-state index contributed by atoms with van der Waals surface area (Å²) in [6, 6.07) is 0.0108. The van der Waals surface area contributed by atoms with Crippen LogP contribution in [0.3, 0.4) is 0 Å². The van der Waals surface area contributed by atoms with Crippen LogP contribution in [0.5, 0.6) is 0 Å². The number of nitrogens with one attached hydrogen (secondary N) is 1. The standard InChI is InChI=1S/C12H15ClN4O2/c1-3-17-8-5-19-4-7(8)11(18)15-9-6(2)14-12(13)16-10(9)17/h7-8H,3-5H2,1-2H3,(H,15,18). The van der Waals surface area contributed by atoms with Crippen molar-refractivity contribution in [2.45, 2.75) is 19.9 Å². The second-order valence-corrected chi connectivity index (χ2v) is 5.10. The number of anilines is 2. The Hall–Kier alpha value is -1.40. The third kappa shape index (κ3) is 1.95. The van der Waals surface area contributed by atoms with Crippen LogP contribution in [0.4, 0.5) is 11.5 Å². The largest absolute Gasteiger partial charge is 0.378 e. The fourth-order valence-electron chi connectivity index (χ4n) is 2.74. The lowest BCUT2D eigenvalue weighted by Crippen LogP contribution is -2.42. The molecule has 1 saturated heterocycles. The number of ether oxygens (including phenoxy) is 1. The van der Waals surface area contributed by atoms with Gasteiger partial charge in [-0.3, -0.25) is 4.79 Å². The predicted octanol–water partition coefficient (Wildman–Crippen LogP) is 1.23. The lowest BCUT2D eigenvalue weighted by Gasteiger charge is -2.29. The summed E-state index contributed by atoms with van der Waals surface area (Å²) in [7, 11) is 0. The number of carbonyl (C=O) groups excluding carboxylic acids is 1. The number of amides is 1. The highest BCUT2D eigenvalue weighted by Crippen LogP contribution is 2.36. The Morgan fingerprint density at radius 3 is 3.00 bits per heavy atom. The summed E-state index contributed by atoms with van der Waals surface area (Å²) in [4.78, 5) is 22.7. The molecule has 1 aromatic heterocycles. The molecule has 6 nitrogen and oxygen atoms in total. The van der Waals surface area contributed by atoms with Gasteiger partial charge in [0.25, 0.3) is 0 Å². The van der Waals surface area contributed by atoms with Crippen molar-refractivity contribution < 1.29 is 9.53 Å². The molecule has 2 aliphatic rings. The minimum absolute atomic E-state index is 0.0108. The average molecular weight is 283 g/mol. The Bertz CT molecular complexity index is 537. The van der Waals surface area contributed by atoms with Gasteiger partial charge in [-0.05, 0) is 25.4 Å². The Balaban J connectivity index is 2.16. The lowest BCUT2D eigenvalue weighted by atomic mass is 10.0. The second kappa shape index (κ2) is 4.61. The lowest BCUT2D eigenvalue weighted by molar-refractivity contribution is -0.120. The molecule has 1 amide bonds.